The van der Waals surface area contributed by atoms with E-state index in [4.69, 9.17) is 0 Å². The quantitative estimate of drug-likeness (QED) is 0.850. The maximum absolute atomic E-state index is 13.4. The van der Waals surface area contributed by atoms with Crippen LogP contribution in [0.3, 0.4) is 0 Å². The van der Waals surface area contributed by atoms with Gasteiger partial charge in [0, 0.05) is 5.56 Å². The molecule has 1 unspecified atom stereocenters. The number of rotatable bonds is 6. The normalized spacial score (nSPS) is 14.6. The van der Waals surface area contributed by atoms with Crippen molar-refractivity contribution in [3.8, 4) is 0 Å². The highest BCUT2D eigenvalue weighted by atomic mass is 19.4. The summed E-state index contributed by atoms with van der Waals surface area (Å²) >= 11 is 0. The summed E-state index contributed by atoms with van der Waals surface area (Å²) in [5, 5.41) is 11.3. The van der Waals surface area contributed by atoms with E-state index in [1.54, 1.807) is 30.3 Å². The average Bonchev–Trinajstić information content (AvgIpc) is 2.54. The molecule has 0 fully saturated rings. The van der Waals surface area contributed by atoms with Crippen molar-refractivity contribution in [1.29, 1.82) is 0 Å². The van der Waals surface area contributed by atoms with E-state index in [-0.39, 0.29) is 12.0 Å². The molecule has 1 atom stereocenters. The highest BCUT2D eigenvalue weighted by molar-refractivity contribution is 5.42. The minimum absolute atomic E-state index is 0.0949. The number of benzene rings is 2. The molecule has 24 heavy (non-hydrogen) atoms. The molecule has 2 nitrogen and oxygen atoms in total. The van der Waals surface area contributed by atoms with Gasteiger partial charge in [0.25, 0.3) is 0 Å². The molecule has 0 aromatic heterocycles. The molecule has 0 bridgehead atoms. The Morgan fingerprint density at radius 1 is 0.875 bits per heavy atom. The summed E-state index contributed by atoms with van der Waals surface area (Å²) in [6, 6.07) is 13.8. The van der Waals surface area contributed by atoms with Gasteiger partial charge in [-0.25, -0.2) is 0 Å². The van der Waals surface area contributed by atoms with E-state index in [2.05, 4.69) is 0 Å². The zero-order valence-corrected chi connectivity index (χ0v) is 13.8. The van der Waals surface area contributed by atoms with Gasteiger partial charge in [0.05, 0.1) is 5.56 Å². The van der Waals surface area contributed by atoms with Gasteiger partial charge in [0.1, 0.15) is 5.60 Å². The number of alkyl halides is 3. The molecule has 0 amide bonds. The van der Waals surface area contributed by atoms with Crippen molar-refractivity contribution in [3.63, 3.8) is 0 Å². The molecule has 0 aliphatic carbocycles. The van der Waals surface area contributed by atoms with Gasteiger partial charge < -0.3 is 10.0 Å². The van der Waals surface area contributed by atoms with Crippen LogP contribution in [-0.4, -0.2) is 30.6 Å². The van der Waals surface area contributed by atoms with E-state index < -0.39 is 17.3 Å². The Balaban J connectivity index is 2.51. The predicted molar refractivity (Wildman–Crippen MR) is 88.7 cm³/mol. The predicted octanol–water partition coefficient (Wildman–Crippen LogP) is 4.28. The third-order valence-electron chi connectivity index (χ3n) is 4.07. The lowest BCUT2D eigenvalue weighted by Gasteiger charge is -2.32. The summed E-state index contributed by atoms with van der Waals surface area (Å²) in [4.78, 5) is 1.95. The molecule has 0 saturated carbocycles. The van der Waals surface area contributed by atoms with Crippen LogP contribution >= 0.6 is 0 Å². The number of halogens is 3. The molecule has 2 rings (SSSR count). The summed E-state index contributed by atoms with van der Waals surface area (Å²) in [6.07, 6.45) is -3.73. The van der Waals surface area contributed by atoms with Crippen molar-refractivity contribution in [2.24, 2.45) is 0 Å². The van der Waals surface area contributed by atoms with Crippen LogP contribution in [0.2, 0.25) is 0 Å². The average molecular weight is 337 g/mol. The molecule has 1 N–H and O–H groups in total. The van der Waals surface area contributed by atoms with E-state index in [0.29, 0.717) is 18.5 Å². The zero-order valence-electron chi connectivity index (χ0n) is 13.8. The topological polar surface area (TPSA) is 23.5 Å². The first kappa shape index (κ1) is 18.5. The van der Waals surface area contributed by atoms with Crippen molar-refractivity contribution in [3.05, 3.63) is 71.3 Å². The Bertz CT molecular complexity index is 655. The summed E-state index contributed by atoms with van der Waals surface area (Å²) in [5.74, 6) is 0. The lowest BCUT2D eigenvalue weighted by molar-refractivity contribution is -0.140. The van der Waals surface area contributed by atoms with Gasteiger partial charge in [-0.15, -0.1) is 0 Å². The fourth-order valence-electron chi connectivity index (χ4n) is 2.89. The number of nitrogens with zero attached hydrogens (tertiary/aromatic N) is 1. The summed E-state index contributed by atoms with van der Waals surface area (Å²) < 4.78 is 40.3. The molecule has 0 radical (unpaired) electrons. The molecule has 2 aromatic carbocycles. The Hall–Kier alpha value is -1.85. The third kappa shape index (κ3) is 4.16. The SMILES string of the molecule is CN(C)CCCC(O)(c1ccccc1)c1ccccc1C(F)(F)F. The fraction of sp³-hybridized carbons (Fsp3) is 0.368. The Labute approximate surface area is 140 Å². The van der Waals surface area contributed by atoms with Gasteiger partial charge in [-0.05, 0) is 45.1 Å². The first-order valence-electron chi connectivity index (χ1n) is 7.84. The van der Waals surface area contributed by atoms with Crippen molar-refractivity contribution >= 4 is 0 Å². The van der Waals surface area contributed by atoms with Crippen LogP contribution in [0.5, 0.6) is 0 Å². The largest absolute Gasteiger partial charge is 0.416 e. The minimum Gasteiger partial charge on any atom is -0.380 e. The van der Waals surface area contributed by atoms with Crippen molar-refractivity contribution in [2.45, 2.75) is 24.6 Å². The van der Waals surface area contributed by atoms with Crippen LogP contribution in [0.4, 0.5) is 13.2 Å². The molecular formula is C19H22F3NO. The molecule has 0 aliphatic rings. The van der Waals surface area contributed by atoms with Gasteiger partial charge in [0.2, 0.25) is 0 Å². The van der Waals surface area contributed by atoms with Crippen molar-refractivity contribution in [2.75, 3.05) is 20.6 Å². The van der Waals surface area contributed by atoms with Crippen LogP contribution in [0.15, 0.2) is 54.6 Å². The van der Waals surface area contributed by atoms with E-state index in [0.717, 1.165) is 6.07 Å². The first-order chi connectivity index (χ1) is 11.2. The highest BCUT2D eigenvalue weighted by Gasteiger charge is 2.41. The van der Waals surface area contributed by atoms with Crippen LogP contribution in [0.1, 0.15) is 29.5 Å². The van der Waals surface area contributed by atoms with Crippen LogP contribution in [0.25, 0.3) is 0 Å². The second kappa shape index (κ2) is 7.36. The smallest absolute Gasteiger partial charge is 0.380 e. The summed E-state index contributed by atoms with van der Waals surface area (Å²) in [5.41, 5.74) is -2.09. The number of hydrogen-bond donors (Lipinski definition) is 1. The van der Waals surface area contributed by atoms with Crippen LogP contribution in [0, 0.1) is 0 Å². The standard InChI is InChI=1S/C19H22F3NO/c1-23(2)14-8-13-18(24,15-9-4-3-5-10-15)16-11-6-7-12-17(16)19(20,21)22/h3-7,9-12,24H,8,13-14H2,1-2H3. The molecule has 0 spiro atoms. The molecule has 5 heteroatoms. The van der Waals surface area contributed by atoms with Crippen LogP contribution in [-0.2, 0) is 11.8 Å². The van der Waals surface area contributed by atoms with Crippen molar-refractivity contribution in [1.82, 2.24) is 4.90 Å². The zero-order chi connectivity index (χ0) is 17.8. The van der Waals surface area contributed by atoms with Gasteiger partial charge in [-0.1, -0.05) is 48.5 Å². The van der Waals surface area contributed by atoms with Gasteiger partial charge in [0.15, 0.2) is 0 Å². The number of hydrogen-bond acceptors (Lipinski definition) is 2. The van der Waals surface area contributed by atoms with E-state index in [1.165, 1.54) is 18.2 Å². The Kier molecular flexibility index (Phi) is 5.67. The Morgan fingerprint density at radius 2 is 1.42 bits per heavy atom. The molecule has 0 saturated heterocycles. The number of aliphatic hydroxyl groups is 1. The maximum atomic E-state index is 13.4. The minimum atomic E-state index is -4.51. The second-order valence-corrected chi connectivity index (χ2v) is 6.18. The molecular weight excluding hydrogens is 315 g/mol. The molecule has 0 aliphatic heterocycles. The maximum Gasteiger partial charge on any atom is 0.416 e. The monoisotopic (exact) mass is 337 g/mol. The van der Waals surface area contributed by atoms with Gasteiger partial charge in [-0.3, -0.25) is 0 Å². The highest BCUT2D eigenvalue weighted by Crippen LogP contribution is 2.41. The molecule has 0 heterocycles. The molecule has 130 valence electrons. The van der Waals surface area contributed by atoms with E-state index in [1.807, 2.05) is 19.0 Å². The van der Waals surface area contributed by atoms with E-state index in [9.17, 15) is 18.3 Å². The van der Waals surface area contributed by atoms with Crippen molar-refractivity contribution < 1.29 is 18.3 Å². The Morgan fingerprint density at radius 3 is 1.96 bits per heavy atom. The lowest BCUT2D eigenvalue weighted by atomic mass is 9.80. The van der Waals surface area contributed by atoms with E-state index >= 15 is 0 Å². The second-order valence-electron chi connectivity index (χ2n) is 6.18. The first-order valence-corrected chi connectivity index (χ1v) is 7.84. The van der Waals surface area contributed by atoms with Gasteiger partial charge in [-0.2, -0.15) is 13.2 Å². The lowest BCUT2D eigenvalue weighted by Crippen LogP contribution is -2.31. The summed E-state index contributed by atoms with van der Waals surface area (Å²) in [6.45, 7) is 0.684. The summed E-state index contributed by atoms with van der Waals surface area (Å²) in [7, 11) is 3.79. The molecule has 2 aromatic rings. The van der Waals surface area contributed by atoms with Gasteiger partial charge >= 0.3 is 6.18 Å². The third-order valence-corrected chi connectivity index (χ3v) is 4.07. The van der Waals surface area contributed by atoms with Crippen LogP contribution < -0.4 is 0 Å². The fourth-order valence-corrected chi connectivity index (χ4v) is 2.89.